The van der Waals surface area contributed by atoms with Crippen LogP contribution in [0.3, 0.4) is 0 Å². The van der Waals surface area contributed by atoms with Gasteiger partial charge in [0.2, 0.25) is 11.8 Å². The van der Waals surface area contributed by atoms with Crippen LogP contribution in [-0.4, -0.2) is 47.1 Å². The minimum Gasteiger partial charge on any atom is -0.493 e. The Morgan fingerprint density at radius 3 is 2.62 bits per heavy atom. The van der Waals surface area contributed by atoms with Crippen molar-refractivity contribution in [2.75, 3.05) is 26.5 Å². The molecule has 0 saturated heterocycles. The molecule has 0 spiro atoms. The summed E-state index contributed by atoms with van der Waals surface area (Å²) in [6.45, 7) is 2.36. The molecule has 9 heteroatoms. The Hall–Kier alpha value is -3.46. The van der Waals surface area contributed by atoms with E-state index in [2.05, 4.69) is 10.3 Å². The number of ether oxygens (including phenoxy) is 2. The number of rotatable bonds is 9. The van der Waals surface area contributed by atoms with Gasteiger partial charge in [-0.05, 0) is 48.7 Å². The molecule has 1 aromatic heterocycles. The number of hydrogen-bond donors (Lipinski definition) is 2. The van der Waals surface area contributed by atoms with Gasteiger partial charge in [-0.15, -0.1) is 0 Å². The predicted molar refractivity (Wildman–Crippen MR) is 123 cm³/mol. The molecule has 3 rings (SSSR count). The van der Waals surface area contributed by atoms with Crippen LogP contribution in [0.5, 0.6) is 17.4 Å². The molecule has 0 aliphatic rings. The number of amides is 1. The van der Waals surface area contributed by atoms with E-state index in [1.165, 1.54) is 4.57 Å². The van der Waals surface area contributed by atoms with Gasteiger partial charge in [-0.1, -0.05) is 30.0 Å². The topological polar surface area (TPSA) is 103 Å². The first-order valence-electron chi connectivity index (χ1n) is 9.91. The first kappa shape index (κ1) is 23.2. The van der Waals surface area contributed by atoms with Gasteiger partial charge in [0.05, 0.1) is 31.7 Å². The van der Waals surface area contributed by atoms with Gasteiger partial charge in [0.15, 0.2) is 16.7 Å². The predicted octanol–water partition coefficient (Wildman–Crippen LogP) is 2.71. The fourth-order valence-electron chi connectivity index (χ4n) is 3.11. The molecule has 0 fully saturated rings. The maximum absolute atomic E-state index is 12.5. The second-order valence-electron chi connectivity index (χ2n) is 6.99. The van der Waals surface area contributed by atoms with Gasteiger partial charge in [-0.2, -0.15) is 4.98 Å². The fraction of sp³-hybridized carbons (Fsp3) is 0.261. The first-order valence-corrected chi connectivity index (χ1v) is 10.9. The van der Waals surface area contributed by atoms with Crippen LogP contribution < -0.4 is 20.3 Å². The lowest BCUT2D eigenvalue weighted by molar-refractivity contribution is -0.118. The van der Waals surface area contributed by atoms with Crippen molar-refractivity contribution in [3.8, 4) is 23.1 Å². The Kier molecular flexibility index (Phi) is 7.77. The van der Waals surface area contributed by atoms with E-state index in [0.717, 1.165) is 29.0 Å². The molecule has 168 valence electrons. The van der Waals surface area contributed by atoms with E-state index in [4.69, 9.17) is 9.47 Å². The number of carbonyl (C=O) groups is 1. The molecule has 0 unspecified atom stereocenters. The molecule has 2 aromatic carbocycles. The molecule has 0 radical (unpaired) electrons. The highest BCUT2D eigenvalue weighted by Crippen LogP contribution is 2.27. The van der Waals surface area contributed by atoms with Crippen LogP contribution in [0.15, 0.2) is 58.5 Å². The number of methoxy groups -OCH3 is 2. The molecule has 1 amide bonds. The van der Waals surface area contributed by atoms with Crippen LogP contribution in [0.25, 0.3) is 5.69 Å². The minimum atomic E-state index is -0.417. The van der Waals surface area contributed by atoms with Crippen molar-refractivity contribution in [3.05, 3.63) is 70.0 Å². The number of nitrogens with zero attached hydrogens (tertiary/aromatic N) is 2. The van der Waals surface area contributed by atoms with E-state index >= 15 is 0 Å². The van der Waals surface area contributed by atoms with E-state index in [9.17, 15) is 14.7 Å². The average molecular weight is 456 g/mol. The van der Waals surface area contributed by atoms with Crippen LogP contribution in [0.4, 0.5) is 0 Å². The van der Waals surface area contributed by atoms with Crippen LogP contribution in [0, 0.1) is 6.92 Å². The SMILES string of the molecule is COc1ccc(CCNC(=O)CSc2nc(O)cc(=O)n2-c2cccc(C)c2)cc1OC. The van der Waals surface area contributed by atoms with Gasteiger partial charge >= 0.3 is 0 Å². The Morgan fingerprint density at radius 1 is 1.12 bits per heavy atom. The third kappa shape index (κ3) is 5.82. The highest BCUT2D eigenvalue weighted by molar-refractivity contribution is 7.99. The highest BCUT2D eigenvalue weighted by Gasteiger charge is 2.13. The Balaban J connectivity index is 1.62. The van der Waals surface area contributed by atoms with E-state index < -0.39 is 5.56 Å². The maximum atomic E-state index is 12.5. The van der Waals surface area contributed by atoms with Crippen LogP contribution in [0.1, 0.15) is 11.1 Å². The zero-order valence-corrected chi connectivity index (χ0v) is 18.9. The van der Waals surface area contributed by atoms with Crippen LogP contribution >= 0.6 is 11.8 Å². The molecule has 32 heavy (non-hydrogen) atoms. The zero-order valence-electron chi connectivity index (χ0n) is 18.1. The van der Waals surface area contributed by atoms with Crippen molar-refractivity contribution in [2.45, 2.75) is 18.5 Å². The van der Waals surface area contributed by atoms with Crippen molar-refractivity contribution >= 4 is 17.7 Å². The molecule has 8 nitrogen and oxygen atoms in total. The Bertz CT molecular complexity index is 1160. The number of thioether (sulfide) groups is 1. The summed E-state index contributed by atoms with van der Waals surface area (Å²) in [7, 11) is 3.15. The highest BCUT2D eigenvalue weighted by atomic mass is 32.2. The lowest BCUT2D eigenvalue weighted by Gasteiger charge is -2.12. The number of aryl methyl sites for hydroxylation is 1. The molecule has 1 heterocycles. The van der Waals surface area contributed by atoms with Crippen molar-refractivity contribution < 1.29 is 19.4 Å². The second kappa shape index (κ2) is 10.7. The van der Waals surface area contributed by atoms with Gasteiger partial charge in [0.1, 0.15) is 0 Å². The van der Waals surface area contributed by atoms with Gasteiger partial charge in [-0.3, -0.25) is 14.2 Å². The number of carbonyl (C=O) groups excluding carboxylic acids is 1. The average Bonchev–Trinajstić information content (AvgIpc) is 2.77. The normalized spacial score (nSPS) is 10.6. The van der Waals surface area contributed by atoms with Crippen molar-refractivity contribution in [1.82, 2.24) is 14.9 Å². The van der Waals surface area contributed by atoms with Crippen LogP contribution in [-0.2, 0) is 11.2 Å². The Labute approximate surface area is 190 Å². The van der Waals surface area contributed by atoms with E-state index in [0.29, 0.717) is 30.2 Å². The summed E-state index contributed by atoms with van der Waals surface area (Å²) < 4.78 is 11.9. The molecular weight excluding hydrogens is 430 g/mol. The van der Waals surface area contributed by atoms with Gasteiger partial charge in [0.25, 0.3) is 5.56 Å². The zero-order chi connectivity index (χ0) is 23.1. The summed E-state index contributed by atoms with van der Waals surface area (Å²) in [6.07, 6.45) is 0.620. The smallest absolute Gasteiger partial charge is 0.262 e. The van der Waals surface area contributed by atoms with E-state index in [1.54, 1.807) is 20.3 Å². The summed E-state index contributed by atoms with van der Waals surface area (Å²) in [5, 5.41) is 12.9. The van der Waals surface area contributed by atoms with Gasteiger partial charge in [0, 0.05) is 6.54 Å². The molecule has 0 saturated carbocycles. The second-order valence-corrected chi connectivity index (χ2v) is 7.93. The van der Waals surface area contributed by atoms with E-state index in [1.807, 2.05) is 43.3 Å². The summed E-state index contributed by atoms with van der Waals surface area (Å²) in [4.78, 5) is 28.9. The van der Waals surface area contributed by atoms with Crippen LogP contribution in [0.2, 0.25) is 0 Å². The maximum Gasteiger partial charge on any atom is 0.262 e. The number of benzene rings is 2. The quantitative estimate of drug-likeness (QED) is 0.378. The molecule has 2 N–H and O–H groups in total. The summed E-state index contributed by atoms with van der Waals surface area (Å²) in [5.41, 5.74) is 2.18. The van der Waals surface area contributed by atoms with Gasteiger partial charge < -0.3 is 19.9 Å². The molecule has 0 bridgehead atoms. The minimum absolute atomic E-state index is 0.0492. The molecule has 3 aromatic rings. The van der Waals surface area contributed by atoms with Crippen molar-refractivity contribution in [3.63, 3.8) is 0 Å². The summed E-state index contributed by atoms with van der Waals surface area (Å²) in [5.74, 6) is 0.748. The van der Waals surface area contributed by atoms with Gasteiger partial charge in [-0.25, -0.2) is 0 Å². The van der Waals surface area contributed by atoms with E-state index in [-0.39, 0.29) is 22.7 Å². The largest absolute Gasteiger partial charge is 0.493 e. The molecular formula is C23H25N3O5S. The van der Waals surface area contributed by atoms with Crippen molar-refractivity contribution in [2.24, 2.45) is 0 Å². The number of hydrogen-bond acceptors (Lipinski definition) is 7. The molecule has 0 aliphatic heterocycles. The number of aromatic nitrogens is 2. The standard InChI is InChI=1S/C23H25N3O5S/c1-15-5-4-6-17(11-15)26-22(29)13-20(27)25-23(26)32-14-21(28)24-10-9-16-7-8-18(30-2)19(12-16)31-3/h4-8,11-13,27H,9-10,14H2,1-3H3,(H,24,28). The lowest BCUT2D eigenvalue weighted by atomic mass is 10.1. The first-order chi connectivity index (χ1) is 15.4. The number of nitrogens with one attached hydrogen (secondary N) is 1. The molecule has 0 aliphatic carbocycles. The summed E-state index contributed by atoms with van der Waals surface area (Å²) in [6, 6.07) is 14.0. The third-order valence-electron chi connectivity index (χ3n) is 4.65. The number of aromatic hydroxyl groups is 1. The lowest BCUT2D eigenvalue weighted by Crippen LogP contribution is -2.28. The monoisotopic (exact) mass is 455 g/mol. The Morgan fingerprint density at radius 2 is 1.91 bits per heavy atom. The molecule has 0 atom stereocenters. The fourth-order valence-corrected chi connectivity index (χ4v) is 3.96. The summed E-state index contributed by atoms with van der Waals surface area (Å²) >= 11 is 1.08. The van der Waals surface area contributed by atoms with Crippen molar-refractivity contribution in [1.29, 1.82) is 0 Å². The third-order valence-corrected chi connectivity index (χ3v) is 5.59.